The van der Waals surface area contributed by atoms with Crippen molar-refractivity contribution < 1.29 is 37.0 Å². The van der Waals surface area contributed by atoms with Gasteiger partial charge < -0.3 is 15.3 Å². The fourth-order valence-corrected chi connectivity index (χ4v) is 1.36. The first-order valence-electron chi connectivity index (χ1n) is 7.37. The number of benzene rings is 2. The minimum absolute atomic E-state index is 0. The van der Waals surface area contributed by atoms with E-state index in [2.05, 4.69) is 0 Å². The van der Waals surface area contributed by atoms with Gasteiger partial charge in [-0.25, -0.2) is 0 Å². The van der Waals surface area contributed by atoms with Gasteiger partial charge in [-0.3, -0.25) is 0 Å². The maximum Gasteiger partial charge on any atom is 0.0483 e. The number of hydrogen-bond acceptors (Lipinski definition) is 3. The van der Waals surface area contributed by atoms with Crippen molar-refractivity contribution in [2.45, 2.75) is 39.9 Å². The molecule has 0 heterocycles. The molecule has 0 saturated heterocycles. The fourth-order valence-electron chi connectivity index (χ4n) is 1.36. The van der Waals surface area contributed by atoms with Gasteiger partial charge in [0.05, 0.1) is 0 Å². The molecular formula is C19H27O3Ti-. The van der Waals surface area contributed by atoms with Crippen LogP contribution in [0.15, 0.2) is 60.7 Å². The van der Waals surface area contributed by atoms with Gasteiger partial charge in [-0.2, -0.15) is 0 Å². The van der Waals surface area contributed by atoms with Gasteiger partial charge in [-0.05, 0) is 27.7 Å². The summed E-state index contributed by atoms with van der Waals surface area (Å²) in [6, 6.07) is 19.1. The van der Waals surface area contributed by atoms with Crippen molar-refractivity contribution in [2.75, 3.05) is 0 Å². The van der Waals surface area contributed by atoms with E-state index in [1.165, 1.54) is 0 Å². The van der Waals surface area contributed by atoms with E-state index >= 15 is 0 Å². The van der Waals surface area contributed by atoms with E-state index in [0.29, 0.717) is 6.10 Å². The van der Waals surface area contributed by atoms with Gasteiger partial charge in [-0.15, -0.1) is 24.3 Å². The monoisotopic (exact) mass is 351 g/mol. The van der Waals surface area contributed by atoms with Crippen LogP contribution in [0.3, 0.4) is 0 Å². The van der Waals surface area contributed by atoms with Crippen LogP contribution < -0.4 is 0 Å². The molecule has 0 unspecified atom stereocenters. The number of rotatable bonds is 2. The Labute approximate surface area is 154 Å². The summed E-state index contributed by atoms with van der Waals surface area (Å²) < 4.78 is 0. The molecule has 0 saturated carbocycles. The van der Waals surface area contributed by atoms with Crippen LogP contribution in [0.25, 0.3) is 0 Å². The van der Waals surface area contributed by atoms with Crippen LogP contribution in [0, 0.1) is 6.10 Å². The van der Waals surface area contributed by atoms with Crippen molar-refractivity contribution in [1.29, 1.82) is 0 Å². The fraction of sp³-hybridized carbons (Fsp3) is 0.316. The first-order chi connectivity index (χ1) is 10.3. The van der Waals surface area contributed by atoms with Crippen molar-refractivity contribution in [3.05, 3.63) is 77.9 Å². The Bertz CT molecular complexity index is 421. The van der Waals surface area contributed by atoms with Crippen molar-refractivity contribution in [2.24, 2.45) is 0 Å². The number of hydrogen-bond donors (Lipinski definition) is 3. The normalized spacial score (nSPS) is 9.09. The molecule has 0 aliphatic rings. The minimum atomic E-state index is -0.167. The van der Waals surface area contributed by atoms with Gasteiger partial charge in [0.25, 0.3) is 0 Å². The Kier molecular flexibility index (Phi) is 15.2. The van der Waals surface area contributed by atoms with Crippen LogP contribution in [0.1, 0.15) is 38.8 Å². The van der Waals surface area contributed by atoms with E-state index in [4.69, 9.17) is 10.2 Å². The summed E-state index contributed by atoms with van der Waals surface area (Å²) in [5.74, 6) is 0. The zero-order chi connectivity index (χ0) is 17.0. The molecule has 2 aromatic rings. The standard InChI is InChI=1S/C13H11O.2C3H8O.Ti/c14-13(11-7-3-1-4-8-11)12-9-5-2-6-10-12;2*1-3(2)4;/h1-10,14H;2*3-4H,1-2H3;/q-1;;;. The Morgan fingerprint density at radius 2 is 0.870 bits per heavy atom. The maximum absolute atomic E-state index is 9.91. The molecule has 0 fully saturated rings. The van der Waals surface area contributed by atoms with Crippen LogP contribution in [0.2, 0.25) is 0 Å². The molecule has 2 aromatic carbocycles. The summed E-state index contributed by atoms with van der Waals surface area (Å²) >= 11 is 0. The van der Waals surface area contributed by atoms with E-state index in [1.807, 2.05) is 60.7 Å². The van der Waals surface area contributed by atoms with E-state index in [-0.39, 0.29) is 33.9 Å². The smallest absolute Gasteiger partial charge is 0.0483 e. The van der Waals surface area contributed by atoms with Crippen molar-refractivity contribution in [3.63, 3.8) is 0 Å². The van der Waals surface area contributed by atoms with Gasteiger partial charge in [-0.1, -0.05) is 47.5 Å². The molecule has 3 nitrogen and oxygen atoms in total. The summed E-state index contributed by atoms with van der Waals surface area (Å²) in [5, 5.41) is 26.0. The number of aliphatic hydroxyl groups excluding tert-OH is 3. The molecule has 2 rings (SSSR count). The third-order valence-electron chi connectivity index (χ3n) is 2.09. The first-order valence-corrected chi connectivity index (χ1v) is 7.37. The summed E-state index contributed by atoms with van der Waals surface area (Å²) in [7, 11) is 0. The summed E-state index contributed by atoms with van der Waals surface area (Å²) in [6.45, 7) is 6.89. The Hall–Kier alpha value is -1.10. The van der Waals surface area contributed by atoms with Crippen LogP contribution in [-0.4, -0.2) is 27.5 Å². The molecule has 3 N–H and O–H groups in total. The first kappa shape index (κ1) is 24.2. The summed E-state index contributed by atoms with van der Waals surface area (Å²) in [5.41, 5.74) is 1.69. The van der Waals surface area contributed by atoms with Crippen LogP contribution in [0.5, 0.6) is 0 Å². The maximum atomic E-state index is 9.91. The van der Waals surface area contributed by atoms with E-state index in [1.54, 1.807) is 27.7 Å². The molecule has 0 amide bonds. The molecule has 0 aliphatic carbocycles. The van der Waals surface area contributed by atoms with Crippen LogP contribution >= 0.6 is 0 Å². The van der Waals surface area contributed by atoms with Crippen molar-refractivity contribution in [3.8, 4) is 0 Å². The molecule has 23 heavy (non-hydrogen) atoms. The average molecular weight is 351 g/mol. The molecule has 0 spiro atoms. The second-order valence-electron chi connectivity index (χ2n) is 5.27. The molecule has 0 aromatic heterocycles. The van der Waals surface area contributed by atoms with Gasteiger partial charge in [0.1, 0.15) is 0 Å². The van der Waals surface area contributed by atoms with Gasteiger partial charge in [0, 0.05) is 40.0 Å². The second-order valence-corrected chi connectivity index (χ2v) is 5.27. The average Bonchev–Trinajstić information content (AvgIpc) is 2.47. The topological polar surface area (TPSA) is 60.7 Å². The molecule has 4 heteroatoms. The SMILES string of the molecule is CC(C)O.CC(C)O.O[C-](c1ccccc1)c1ccccc1.[Ti]. The number of aliphatic hydroxyl groups is 3. The van der Waals surface area contributed by atoms with E-state index < -0.39 is 0 Å². The summed E-state index contributed by atoms with van der Waals surface area (Å²) in [6.07, 6.45) is -0.00815. The van der Waals surface area contributed by atoms with Crippen LogP contribution in [0.4, 0.5) is 0 Å². The van der Waals surface area contributed by atoms with Crippen molar-refractivity contribution in [1.82, 2.24) is 0 Å². The Morgan fingerprint density at radius 1 is 0.652 bits per heavy atom. The quantitative estimate of drug-likeness (QED) is 0.570. The van der Waals surface area contributed by atoms with Gasteiger partial charge in [0.15, 0.2) is 0 Å². The minimum Gasteiger partial charge on any atom is -0.398 e. The zero-order valence-electron chi connectivity index (χ0n) is 14.3. The predicted octanol–water partition coefficient (Wildman–Crippen LogP) is 3.76. The second kappa shape index (κ2) is 14.5. The van der Waals surface area contributed by atoms with E-state index in [0.717, 1.165) is 11.1 Å². The Balaban J connectivity index is 0. The molecule has 0 radical (unpaired) electrons. The predicted molar refractivity (Wildman–Crippen MR) is 91.0 cm³/mol. The summed E-state index contributed by atoms with van der Waals surface area (Å²) in [4.78, 5) is 0. The largest absolute Gasteiger partial charge is 0.398 e. The third-order valence-corrected chi connectivity index (χ3v) is 2.09. The van der Waals surface area contributed by atoms with Crippen LogP contribution in [-0.2, 0) is 21.7 Å². The molecule has 0 atom stereocenters. The molecule has 126 valence electrons. The molecular weight excluding hydrogens is 324 g/mol. The zero-order valence-corrected chi connectivity index (χ0v) is 15.8. The third kappa shape index (κ3) is 14.2. The van der Waals surface area contributed by atoms with E-state index in [9.17, 15) is 5.11 Å². The van der Waals surface area contributed by atoms with Crippen molar-refractivity contribution >= 4 is 0 Å². The molecule has 0 aliphatic heterocycles. The van der Waals surface area contributed by atoms with Gasteiger partial charge >= 0.3 is 0 Å². The van der Waals surface area contributed by atoms with Gasteiger partial charge in [0.2, 0.25) is 0 Å². The molecule has 0 bridgehead atoms. The Morgan fingerprint density at radius 3 is 1.09 bits per heavy atom.